The maximum Gasteiger partial charge on any atom is 0.266 e. The van der Waals surface area contributed by atoms with E-state index in [9.17, 15) is 10.1 Å². The Morgan fingerprint density at radius 3 is 2.77 bits per heavy atom. The maximum atomic E-state index is 12.6. The Bertz CT molecular complexity index is 912. The first-order valence-electron chi connectivity index (χ1n) is 9.25. The largest absolute Gasteiger partial charge is 0.349 e. The van der Waals surface area contributed by atoms with Crippen LogP contribution in [0.5, 0.6) is 0 Å². The van der Waals surface area contributed by atoms with Crippen LogP contribution >= 0.6 is 0 Å². The van der Waals surface area contributed by atoms with Crippen molar-refractivity contribution in [2.45, 2.75) is 53.0 Å². The average Bonchev–Trinajstić information content (AvgIpc) is 3.19. The number of amides is 1. The van der Waals surface area contributed by atoms with E-state index in [1.54, 1.807) is 6.08 Å². The fourth-order valence-electron chi connectivity index (χ4n) is 3.69. The van der Waals surface area contributed by atoms with Gasteiger partial charge in [0.25, 0.3) is 5.91 Å². The Morgan fingerprint density at radius 1 is 1.27 bits per heavy atom. The number of nitriles is 1. The second-order valence-electron chi connectivity index (χ2n) is 6.94. The monoisotopic (exact) mass is 347 g/mol. The predicted molar refractivity (Wildman–Crippen MR) is 105 cm³/mol. The van der Waals surface area contributed by atoms with Crippen LogP contribution in [-0.4, -0.2) is 10.5 Å². The number of nitrogens with one attached hydrogen (secondary N) is 1. The molecule has 1 aliphatic rings. The highest BCUT2D eigenvalue weighted by Crippen LogP contribution is 2.25. The average molecular weight is 347 g/mol. The molecular formula is C22H25N3O. The summed E-state index contributed by atoms with van der Waals surface area (Å²) >= 11 is 0. The van der Waals surface area contributed by atoms with Gasteiger partial charge in [-0.25, -0.2) is 0 Å². The molecule has 26 heavy (non-hydrogen) atoms. The molecule has 0 unspecified atom stereocenters. The molecule has 1 heterocycles. The number of carbonyl (C=O) groups is 1. The van der Waals surface area contributed by atoms with Crippen molar-refractivity contribution in [2.75, 3.05) is 5.32 Å². The third-order valence-electron chi connectivity index (χ3n) is 5.08. The number of hydrogen-bond acceptors (Lipinski definition) is 2. The van der Waals surface area contributed by atoms with Gasteiger partial charge in [0.15, 0.2) is 0 Å². The second kappa shape index (κ2) is 7.61. The summed E-state index contributed by atoms with van der Waals surface area (Å²) in [5.74, 6) is -0.356. The predicted octanol–water partition coefficient (Wildman–Crippen LogP) is 4.55. The van der Waals surface area contributed by atoms with Crippen molar-refractivity contribution >= 4 is 17.7 Å². The molecular weight excluding hydrogens is 322 g/mol. The number of aryl methyl sites for hydroxylation is 3. The fraction of sp³-hybridized carbons (Fsp3) is 0.364. The van der Waals surface area contributed by atoms with Crippen LogP contribution in [0.2, 0.25) is 0 Å². The third-order valence-corrected chi connectivity index (χ3v) is 5.08. The second-order valence-corrected chi connectivity index (χ2v) is 6.94. The van der Waals surface area contributed by atoms with Gasteiger partial charge < -0.3 is 9.88 Å². The zero-order valence-corrected chi connectivity index (χ0v) is 15.7. The highest BCUT2D eigenvalue weighted by Gasteiger charge is 2.15. The Hall–Kier alpha value is -2.80. The van der Waals surface area contributed by atoms with Gasteiger partial charge in [0, 0.05) is 23.6 Å². The standard InChI is InChI=1S/C22H25N3O/c1-4-10-25-15(2)11-19(16(25)3)12-20(14-23)22(26)24-21-9-8-17-6-5-7-18(17)13-21/h8-9,11-13H,4-7,10H2,1-3H3,(H,24,26)/b20-12+. The van der Waals surface area contributed by atoms with E-state index in [-0.39, 0.29) is 11.5 Å². The number of carbonyl (C=O) groups excluding carboxylic acids is 1. The SMILES string of the molecule is CCCn1c(C)cc(/C=C(\C#N)C(=O)Nc2ccc3c(c2)CCC3)c1C. The summed E-state index contributed by atoms with van der Waals surface area (Å²) in [5, 5.41) is 12.3. The van der Waals surface area contributed by atoms with Crippen LogP contribution in [0.4, 0.5) is 5.69 Å². The highest BCUT2D eigenvalue weighted by atomic mass is 16.1. The van der Waals surface area contributed by atoms with E-state index in [4.69, 9.17) is 0 Å². The van der Waals surface area contributed by atoms with Crippen LogP contribution in [0, 0.1) is 25.2 Å². The molecule has 0 spiro atoms. The van der Waals surface area contributed by atoms with Crippen LogP contribution in [0.15, 0.2) is 29.8 Å². The van der Waals surface area contributed by atoms with Crippen molar-refractivity contribution in [1.29, 1.82) is 5.26 Å². The van der Waals surface area contributed by atoms with Crippen molar-refractivity contribution in [3.05, 3.63) is 57.9 Å². The minimum atomic E-state index is -0.356. The van der Waals surface area contributed by atoms with E-state index >= 15 is 0 Å². The molecule has 4 nitrogen and oxygen atoms in total. The Balaban J connectivity index is 1.82. The molecule has 3 rings (SSSR count). The van der Waals surface area contributed by atoms with Crippen molar-refractivity contribution in [3.8, 4) is 6.07 Å². The fourth-order valence-corrected chi connectivity index (χ4v) is 3.69. The third kappa shape index (κ3) is 3.57. The summed E-state index contributed by atoms with van der Waals surface area (Å²) in [6, 6.07) is 10.1. The number of anilines is 1. The van der Waals surface area contributed by atoms with Crippen LogP contribution in [0.3, 0.4) is 0 Å². The minimum absolute atomic E-state index is 0.127. The smallest absolute Gasteiger partial charge is 0.266 e. The molecule has 0 fully saturated rings. The van der Waals surface area contributed by atoms with Crippen LogP contribution in [-0.2, 0) is 24.2 Å². The van der Waals surface area contributed by atoms with Gasteiger partial charge in [-0.2, -0.15) is 5.26 Å². The van der Waals surface area contributed by atoms with Crippen LogP contribution < -0.4 is 5.32 Å². The molecule has 1 aliphatic carbocycles. The summed E-state index contributed by atoms with van der Waals surface area (Å²) in [4.78, 5) is 12.6. The molecule has 0 saturated carbocycles. The number of nitrogens with zero attached hydrogens (tertiary/aromatic N) is 2. The lowest BCUT2D eigenvalue weighted by Crippen LogP contribution is -2.13. The molecule has 0 saturated heterocycles. The first-order valence-corrected chi connectivity index (χ1v) is 9.25. The molecule has 2 aromatic rings. The van der Waals surface area contributed by atoms with Gasteiger partial charge in [-0.3, -0.25) is 4.79 Å². The molecule has 134 valence electrons. The van der Waals surface area contributed by atoms with Crippen LogP contribution in [0.1, 0.15) is 47.8 Å². The van der Waals surface area contributed by atoms with Gasteiger partial charge in [-0.15, -0.1) is 0 Å². The lowest BCUT2D eigenvalue weighted by Gasteiger charge is -2.08. The quantitative estimate of drug-likeness (QED) is 0.637. The van der Waals surface area contributed by atoms with Crippen molar-refractivity contribution in [2.24, 2.45) is 0 Å². The summed E-state index contributed by atoms with van der Waals surface area (Å²) < 4.78 is 2.22. The van der Waals surface area contributed by atoms with E-state index in [1.165, 1.54) is 17.5 Å². The van der Waals surface area contributed by atoms with Crippen molar-refractivity contribution in [3.63, 3.8) is 0 Å². The van der Waals surface area contributed by atoms with Crippen LogP contribution in [0.25, 0.3) is 6.08 Å². The molecule has 1 aromatic heterocycles. The van der Waals surface area contributed by atoms with E-state index < -0.39 is 0 Å². The summed E-state index contributed by atoms with van der Waals surface area (Å²) in [6.45, 7) is 7.16. The molecule has 0 bridgehead atoms. The summed E-state index contributed by atoms with van der Waals surface area (Å²) in [6.07, 6.45) is 6.08. The van der Waals surface area contributed by atoms with Gasteiger partial charge >= 0.3 is 0 Å². The summed E-state index contributed by atoms with van der Waals surface area (Å²) in [7, 11) is 0. The van der Waals surface area contributed by atoms with E-state index in [0.29, 0.717) is 0 Å². The molecule has 1 amide bonds. The molecule has 0 aliphatic heterocycles. The molecule has 0 radical (unpaired) electrons. The first kappa shape index (κ1) is 18.0. The summed E-state index contributed by atoms with van der Waals surface area (Å²) in [5.41, 5.74) is 6.71. The lowest BCUT2D eigenvalue weighted by molar-refractivity contribution is -0.112. The van der Waals surface area contributed by atoms with E-state index in [2.05, 4.69) is 35.9 Å². The van der Waals surface area contributed by atoms with Gasteiger partial charge in [0.05, 0.1) is 0 Å². The lowest BCUT2D eigenvalue weighted by atomic mass is 10.1. The van der Waals surface area contributed by atoms with Crippen molar-refractivity contribution < 1.29 is 4.79 Å². The topological polar surface area (TPSA) is 57.8 Å². The van der Waals surface area contributed by atoms with Gasteiger partial charge in [-0.1, -0.05) is 13.0 Å². The molecule has 0 atom stereocenters. The first-order chi connectivity index (χ1) is 12.5. The number of fused-ring (bicyclic) bond motifs is 1. The van der Waals surface area contributed by atoms with Gasteiger partial charge in [-0.05, 0) is 80.5 Å². The number of rotatable bonds is 5. The molecule has 1 N–H and O–H groups in total. The Kier molecular flexibility index (Phi) is 5.27. The Labute approximate surface area is 155 Å². The number of hydrogen-bond donors (Lipinski definition) is 1. The zero-order chi connectivity index (χ0) is 18.7. The molecule has 4 heteroatoms. The molecule has 1 aromatic carbocycles. The van der Waals surface area contributed by atoms with E-state index in [0.717, 1.165) is 48.4 Å². The Morgan fingerprint density at radius 2 is 2.04 bits per heavy atom. The van der Waals surface area contributed by atoms with E-state index in [1.807, 2.05) is 25.1 Å². The van der Waals surface area contributed by atoms with Gasteiger partial charge in [0.1, 0.15) is 11.6 Å². The number of aromatic nitrogens is 1. The van der Waals surface area contributed by atoms with Crippen molar-refractivity contribution in [1.82, 2.24) is 4.57 Å². The minimum Gasteiger partial charge on any atom is -0.349 e. The highest BCUT2D eigenvalue weighted by molar-refractivity contribution is 6.09. The maximum absolute atomic E-state index is 12.6. The normalized spacial score (nSPS) is 13.4. The van der Waals surface area contributed by atoms with Gasteiger partial charge in [0.2, 0.25) is 0 Å². The zero-order valence-electron chi connectivity index (χ0n) is 15.7. The number of benzene rings is 1.